The molecular weight excluding hydrogens is 464 g/mol. The molecule has 2 N–H and O–H groups in total. The van der Waals surface area contributed by atoms with Gasteiger partial charge >= 0.3 is 5.97 Å². The number of carboxylic acid groups (broad SMARTS) is 1. The maximum Gasteiger partial charge on any atom is 0.341 e. The summed E-state index contributed by atoms with van der Waals surface area (Å²) in [6.45, 7) is 1.57. The summed E-state index contributed by atoms with van der Waals surface area (Å²) < 4.78 is 10.8. The van der Waals surface area contributed by atoms with E-state index in [0.29, 0.717) is 28.0 Å². The SMILES string of the molecule is CCOc1cc(/C=C2\SC(=Nc3ccc4ccccc4c3)NC2=O)cc(Cl)c1OCC(=O)O. The smallest absolute Gasteiger partial charge is 0.341 e. The third kappa shape index (κ3) is 5.47. The molecule has 0 spiro atoms. The molecule has 1 fully saturated rings. The molecule has 1 saturated heterocycles. The molecule has 0 radical (unpaired) electrons. The highest BCUT2D eigenvalue weighted by Gasteiger charge is 2.24. The number of fused-ring (bicyclic) bond motifs is 1. The van der Waals surface area contributed by atoms with E-state index in [9.17, 15) is 9.59 Å². The van der Waals surface area contributed by atoms with Gasteiger partial charge in [0.2, 0.25) is 0 Å². The van der Waals surface area contributed by atoms with Gasteiger partial charge in [-0.1, -0.05) is 41.9 Å². The van der Waals surface area contributed by atoms with Gasteiger partial charge < -0.3 is 19.9 Å². The first-order valence-corrected chi connectivity index (χ1v) is 11.2. The van der Waals surface area contributed by atoms with Crippen molar-refractivity contribution in [1.82, 2.24) is 5.32 Å². The van der Waals surface area contributed by atoms with Crippen LogP contribution < -0.4 is 14.8 Å². The van der Waals surface area contributed by atoms with Crippen LogP contribution >= 0.6 is 23.4 Å². The van der Waals surface area contributed by atoms with E-state index >= 15 is 0 Å². The van der Waals surface area contributed by atoms with Gasteiger partial charge in [-0.2, -0.15) is 0 Å². The highest BCUT2D eigenvalue weighted by Crippen LogP contribution is 2.38. The number of ether oxygens (including phenoxy) is 2. The van der Waals surface area contributed by atoms with E-state index in [1.807, 2.05) is 42.5 Å². The summed E-state index contributed by atoms with van der Waals surface area (Å²) in [6, 6.07) is 17.0. The maximum atomic E-state index is 12.5. The molecule has 0 saturated carbocycles. The molecule has 0 bridgehead atoms. The normalized spacial score (nSPS) is 15.8. The molecule has 0 unspecified atom stereocenters. The predicted molar refractivity (Wildman–Crippen MR) is 131 cm³/mol. The van der Waals surface area contributed by atoms with Crippen LogP contribution in [0.15, 0.2) is 64.5 Å². The van der Waals surface area contributed by atoms with E-state index in [2.05, 4.69) is 10.3 Å². The molecule has 1 amide bonds. The average Bonchev–Trinajstić information content (AvgIpc) is 3.11. The van der Waals surface area contributed by atoms with Crippen LogP contribution in [-0.2, 0) is 9.59 Å². The highest BCUT2D eigenvalue weighted by molar-refractivity contribution is 8.18. The lowest BCUT2D eigenvalue weighted by molar-refractivity contribution is -0.139. The van der Waals surface area contributed by atoms with Crippen LogP contribution in [0.1, 0.15) is 12.5 Å². The van der Waals surface area contributed by atoms with Gasteiger partial charge in [-0.05, 0) is 65.4 Å². The third-order valence-corrected chi connectivity index (χ3v) is 5.77. The monoisotopic (exact) mass is 482 g/mol. The number of aliphatic carboxylic acids is 1. The zero-order valence-electron chi connectivity index (χ0n) is 17.5. The van der Waals surface area contributed by atoms with Crippen LogP contribution in [0.3, 0.4) is 0 Å². The Bertz CT molecular complexity index is 1310. The zero-order valence-corrected chi connectivity index (χ0v) is 19.1. The average molecular weight is 483 g/mol. The summed E-state index contributed by atoms with van der Waals surface area (Å²) in [5, 5.41) is 14.5. The van der Waals surface area contributed by atoms with Gasteiger partial charge in [0.1, 0.15) is 0 Å². The number of halogens is 1. The number of carbonyl (C=O) groups is 2. The molecule has 1 heterocycles. The Balaban J connectivity index is 1.59. The van der Waals surface area contributed by atoms with Crippen molar-refractivity contribution in [3.05, 3.63) is 70.1 Å². The second-order valence-corrected chi connectivity index (χ2v) is 8.40. The minimum atomic E-state index is -1.13. The van der Waals surface area contributed by atoms with Gasteiger partial charge in [0.25, 0.3) is 5.91 Å². The number of nitrogens with one attached hydrogen (secondary N) is 1. The molecule has 0 atom stereocenters. The van der Waals surface area contributed by atoms with E-state index in [4.69, 9.17) is 26.2 Å². The number of rotatable bonds is 7. The summed E-state index contributed by atoms with van der Waals surface area (Å²) in [5.41, 5.74) is 1.34. The lowest BCUT2D eigenvalue weighted by atomic mass is 10.1. The number of thioether (sulfide) groups is 1. The maximum absolute atomic E-state index is 12.5. The van der Waals surface area contributed by atoms with Crippen molar-refractivity contribution in [2.45, 2.75) is 6.92 Å². The molecule has 1 aliphatic heterocycles. The Morgan fingerprint density at radius 2 is 1.94 bits per heavy atom. The van der Waals surface area contributed by atoms with Gasteiger partial charge in [-0.25, -0.2) is 9.79 Å². The van der Waals surface area contributed by atoms with Crippen LogP contribution in [0.5, 0.6) is 11.5 Å². The fourth-order valence-electron chi connectivity index (χ4n) is 3.20. The van der Waals surface area contributed by atoms with Crippen molar-refractivity contribution in [3.8, 4) is 11.5 Å². The fraction of sp³-hybridized carbons (Fsp3) is 0.125. The first-order valence-electron chi connectivity index (χ1n) is 10.0. The summed E-state index contributed by atoms with van der Waals surface area (Å²) >= 11 is 7.52. The Hall–Kier alpha value is -3.49. The number of benzene rings is 3. The van der Waals surface area contributed by atoms with Crippen LogP contribution in [-0.4, -0.2) is 35.4 Å². The van der Waals surface area contributed by atoms with E-state index in [0.717, 1.165) is 16.5 Å². The molecular formula is C24H19ClN2O5S. The standard InChI is InChI=1S/C24H19ClN2O5S/c1-2-31-19-10-14(9-18(25)22(19)32-13-21(28)29)11-20-23(30)27-24(33-20)26-17-8-7-15-5-3-4-6-16(15)12-17/h3-12H,2,13H2,1H3,(H,28,29)(H,26,27,30)/b20-11-. The Morgan fingerprint density at radius 3 is 2.70 bits per heavy atom. The summed E-state index contributed by atoms with van der Waals surface area (Å²) in [4.78, 5) is 28.3. The number of amides is 1. The molecule has 1 aliphatic rings. The lowest BCUT2D eigenvalue weighted by Gasteiger charge is -2.13. The number of nitrogens with zero attached hydrogens (tertiary/aromatic N) is 1. The number of aliphatic imine (C=N–C) groups is 1. The predicted octanol–water partition coefficient (Wildman–Crippen LogP) is 5.25. The van der Waals surface area contributed by atoms with E-state index in [1.165, 1.54) is 11.8 Å². The molecule has 0 aliphatic carbocycles. The summed E-state index contributed by atoms with van der Waals surface area (Å²) in [5.74, 6) is -0.964. The van der Waals surface area contributed by atoms with Crippen LogP contribution in [0.4, 0.5) is 5.69 Å². The van der Waals surface area contributed by atoms with Gasteiger partial charge in [0, 0.05) is 0 Å². The quantitative estimate of drug-likeness (QED) is 0.446. The van der Waals surface area contributed by atoms with Crippen molar-refractivity contribution in [3.63, 3.8) is 0 Å². The molecule has 3 aromatic carbocycles. The summed E-state index contributed by atoms with van der Waals surface area (Å²) in [6.07, 6.45) is 1.66. The number of amidine groups is 1. The summed E-state index contributed by atoms with van der Waals surface area (Å²) in [7, 11) is 0. The van der Waals surface area contributed by atoms with E-state index < -0.39 is 12.6 Å². The Morgan fingerprint density at radius 1 is 1.15 bits per heavy atom. The second kappa shape index (κ2) is 9.97. The second-order valence-electron chi connectivity index (χ2n) is 6.96. The fourth-order valence-corrected chi connectivity index (χ4v) is 4.32. The van der Waals surface area contributed by atoms with Gasteiger partial charge in [0.05, 0.1) is 22.2 Å². The molecule has 0 aromatic heterocycles. The number of carboxylic acids is 1. The van der Waals surface area contributed by atoms with E-state index in [1.54, 1.807) is 25.1 Å². The molecule has 33 heavy (non-hydrogen) atoms. The van der Waals surface area contributed by atoms with Crippen molar-refractivity contribution in [2.24, 2.45) is 4.99 Å². The molecule has 4 rings (SSSR count). The van der Waals surface area contributed by atoms with Crippen molar-refractivity contribution in [2.75, 3.05) is 13.2 Å². The molecule has 7 nitrogen and oxygen atoms in total. The van der Waals surface area contributed by atoms with Gasteiger partial charge in [-0.3, -0.25) is 4.79 Å². The van der Waals surface area contributed by atoms with Crippen molar-refractivity contribution >= 4 is 62.9 Å². The largest absolute Gasteiger partial charge is 0.490 e. The minimum Gasteiger partial charge on any atom is -0.490 e. The third-order valence-electron chi connectivity index (χ3n) is 4.58. The molecule has 168 valence electrons. The number of hydrogen-bond donors (Lipinski definition) is 2. The first kappa shape index (κ1) is 22.7. The highest BCUT2D eigenvalue weighted by atomic mass is 35.5. The van der Waals surface area contributed by atoms with Crippen molar-refractivity contribution in [1.29, 1.82) is 0 Å². The molecule has 9 heteroatoms. The lowest BCUT2D eigenvalue weighted by Crippen LogP contribution is -2.19. The Kier molecular flexibility index (Phi) is 6.86. The topological polar surface area (TPSA) is 97.2 Å². The first-order chi connectivity index (χ1) is 15.9. The Labute approximate surface area is 199 Å². The van der Waals surface area contributed by atoms with Crippen LogP contribution in [0, 0.1) is 0 Å². The van der Waals surface area contributed by atoms with Gasteiger partial charge in [-0.15, -0.1) is 0 Å². The zero-order chi connectivity index (χ0) is 23.4. The van der Waals surface area contributed by atoms with Crippen molar-refractivity contribution < 1.29 is 24.2 Å². The van der Waals surface area contributed by atoms with E-state index in [-0.39, 0.29) is 16.7 Å². The number of carbonyl (C=O) groups excluding carboxylic acids is 1. The minimum absolute atomic E-state index is 0.144. The van der Waals surface area contributed by atoms with Crippen LogP contribution in [0.25, 0.3) is 16.8 Å². The van der Waals surface area contributed by atoms with Crippen LogP contribution in [0.2, 0.25) is 5.02 Å². The number of hydrogen-bond acceptors (Lipinski definition) is 6. The molecule has 3 aromatic rings. The van der Waals surface area contributed by atoms with Gasteiger partial charge in [0.15, 0.2) is 23.3 Å².